The van der Waals surface area contributed by atoms with E-state index < -0.39 is 0 Å². The second-order valence-electron chi connectivity index (χ2n) is 15.7. The Morgan fingerprint density at radius 3 is 2.08 bits per heavy atom. The molecule has 0 saturated heterocycles. The first kappa shape index (κ1) is 36.8. The summed E-state index contributed by atoms with van der Waals surface area (Å²) in [6.45, 7) is 13.1. The van der Waals surface area contributed by atoms with Gasteiger partial charge in [0.25, 0.3) is 0 Å². The van der Waals surface area contributed by atoms with Gasteiger partial charge in [0.2, 0.25) is 0 Å². The molecule has 11 rings (SSSR count). The van der Waals surface area contributed by atoms with E-state index in [1.807, 2.05) is 41.8 Å². The molecule has 0 unspecified atom stereocenters. The molecule has 0 aliphatic heterocycles. The smallest absolute Gasteiger partial charge is 0.136 e. The first-order valence-corrected chi connectivity index (χ1v) is 21.7. The van der Waals surface area contributed by atoms with Gasteiger partial charge in [-0.05, 0) is 139 Å². The van der Waals surface area contributed by atoms with Crippen LogP contribution in [0.5, 0.6) is 0 Å². The Morgan fingerprint density at radius 2 is 1.28 bits per heavy atom. The molecular formula is C57H41NO2S. The number of hydrogen-bond acceptors (Lipinski definition) is 4. The molecule has 8 aromatic carbocycles. The fourth-order valence-electron chi connectivity index (χ4n) is 9.45. The molecule has 0 bridgehead atoms. The fraction of sp³-hybridized carbons (Fsp3) is 0.0702. The van der Waals surface area contributed by atoms with Gasteiger partial charge in [-0.3, -0.25) is 4.99 Å². The van der Waals surface area contributed by atoms with Crippen LogP contribution in [0, 0.1) is 0 Å². The molecule has 0 N–H and O–H groups in total. The van der Waals surface area contributed by atoms with Crippen molar-refractivity contribution in [3.8, 4) is 22.3 Å². The van der Waals surface area contributed by atoms with E-state index in [1.54, 1.807) is 0 Å². The molecule has 0 fully saturated rings. The number of benzene rings is 8. The standard InChI is InChI=1S/C57H41NO2S/c1-5-13-54-41(8-4)46-25-21-36(31-55(46)61-54)35-22-26-47-53(30-35)60-52-19-12-17-42(57(47)52)37-23-27-50-49(29-37)56-38(14-11-18-51(56)59-50)33-58-32-34-20-24-45-40(7-3)39(6-2)43-15-9-10-16-44(43)48(45)28-34/h5-7,9-31,33H,2-3,8,32H2,1,4H3/b13-5-,58-33?. The van der Waals surface area contributed by atoms with Gasteiger partial charge in [-0.25, -0.2) is 0 Å². The minimum absolute atomic E-state index is 0.547. The third-order valence-corrected chi connectivity index (χ3v) is 13.4. The summed E-state index contributed by atoms with van der Waals surface area (Å²) in [7, 11) is 0. The van der Waals surface area contributed by atoms with Crippen LogP contribution in [-0.2, 0) is 13.0 Å². The van der Waals surface area contributed by atoms with E-state index in [1.165, 1.54) is 47.6 Å². The molecule has 0 aliphatic carbocycles. The second-order valence-corrected chi connectivity index (χ2v) is 16.7. The fourth-order valence-corrected chi connectivity index (χ4v) is 10.8. The lowest BCUT2D eigenvalue weighted by Crippen LogP contribution is -1.91. The van der Waals surface area contributed by atoms with Gasteiger partial charge < -0.3 is 8.83 Å². The summed E-state index contributed by atoms with van der Waals surface area (Å²) in [5.41, 5.74) is 13.8. The molecule has 0 atom stereocenters. The van der Waals surface area contributed by atoms with E-state index in [0.717, 1.165) is 89.2 Å². The monoisotopic (exact) mass is 803 g/mol. The molecule has 0 spiro atoms. The average molecular weight is 804 g/mol. The average Bonchev–Trinajstić information content (AvgIpc) is 3.98. The summed E-state index contributed by atoms with van der Waals surface area (Å²) in [5.74, 6) is 0. The molecule has 3 aromatic heterocycles. The van der Waals surface area contributed by atoms with E-state index in [9.17, 15) is 0 Å². The lowest BCUT2D eigenvalue weighted by Gasteiger charge is -2.13. The molecule has 11 aromatic rings. The van der Waals surface area contributed by atoms with Crippen LogP contribution < -0.4 is 0 Å². The van der Waals surface area contributed by atoms with Crippen molar-refractivity contribution in [3.63, 3.8) is 0 Å². The van der Waals surface area contributed by atoms with Crippen molar-refractivity contribution >= 4 is 111 Å². The summed E-state index contributed by atoms with van der Waals surface area (Å²) in [6, 6.07) is 47.7. The summed E-state index contributed by atoms with van der Waals surface area (Å²) in [5, 5.41) is 10.4. The van der Waals surface area contributed by atoms with Gasteiger partial charge in [0, 0.05) is 42.9 Å². The maximum atomic E-state index is 6.60. The Morgan fingerprint density at radius 1 is 0.574 bits per heavy atom. The number of rotatable bonds is 9. The van der Waals surface area contributed by atoms with Crippen LogP contribution >= 0.6 is 11.3 Å². The highest BCUT2D eigenvalue weighted by Gasteiger charge is 2.18. The van der Waals surface area contributed by atoms with Crippen LogP contribution in [0.25, 0.3) is 116 Å². The number of thiophene rings is 1. The van der Waals surface area contributed by atoms with Crippen LogP contribution in [-0.4, -0.2) is 6.21 Å². The van der Waals surface area contributed by atoms with Gasteiger partial charge in [0.1, 0.15) is 22.3 Å². The highest BCUT2D eigenvalue weighted by atomic mass is 32.1. The number of fused-ring (bicyclic) bond motifs is 10. The quantitative estimate of drug-likeness (QED) is 0.108. The SMILES string of the molecule is C=Cc1c(C=C)c2ccc(CN=Cc3cccc4oc5ccc(-c6cccc7oc8cc(-c9ccc%10c(CC)c(/C=C\C)sc%10c9)ccc8c67)cc5c34)cc2c2ccccc12. The van der Waals surface area contributed by atoms with Crippen molar-refractivity contribution in [1.29, 1.82) is 0 Å². The Bertz CT molecular complexity index is 3660. The van der Waals surface area contributed by atoms with Crippen LogP contribution in [0.2, 0.25) is 0 Å². The molecule has 0 amide bonds. The van der Waals surface area contributed by atoms with Crippen molar-refractivity contribution in [2.75, 3.05) is 0 Å². The van der Waals surface area contributed by atoms with Crippen LogP contribution in [0.4, 0.5) is 0 Å². The normalized spacial score (nSPS) is 12.2. The Hall–Kier alpha value is -7.27. The molecular weight excluding hydrogens is 763 g/mol. The van der Waals surface area contributed by atoms with E-state index in [2.05, 4.69) is 160 Å². The number of hydrogen-bond donors (Lipinski definition) is 0. The van der Waals surface area contributed by atoms with Gasteiger partial charge in [-0.2, -0.15) is 0 Å². The predicted molar refractivity (Wildman–Crippen MR) is 264 cm³/mol. The lowest BCUT2D eigenvalue weighted by atomic mass is 9.90. The Labute approximate surface area is 357 Å². The molecule has 3 heterocycles. The van der Waals surface area contributed by atoms with E-state index >= 15 is 0 Å². The van der Waals surface area contributed by atoms with Gasteiger partial charge >= 0.3 is 0 Å². The zero-order valence-corrected chi connectivity index (χ0v) is 34.9. The third-order valence-electron chi connectivity index (χ3n) is 12.2. The summed E-state index contributed by atoms with van der Waals surface area (Å²) >= 11 is 1.87. The van der Waals surface area contributed by atoms with Gasteiger partial charge in [-0.1, -0.05) is 123 Å². The van der Waals surface area contributed by atoms with Crippen LogP contribution in [0.3, 0.4) is 0 Å². The third kappa shape index (κ3) is 5.97. The topological polar surface area (TPSA) is 38.6 Å². The zero-order chi connectivity index (χ0) is 41.2. The predicted octanol–water partition coefficient (Wildman–Crippen LogP) is 16.8. The van der Waals surface area contributed by atoms with Crippen molar-refractivity contribution in [2.24, 2.45) is 4.99 Å². The van der Waals surface area contributed by atoms with Crippen molar-refractivity contribution in [1.82, 2.24) is 0 Å². The van der Waals surface area contributed by atoms with E-state index in [-0.39, 0.29) is 0 Å². The highest BCUT2D eigenvalue weighted by Crippen LogP contribution is 2.42. The Balaban J connectivity index is 0.949. The zero-order valence-electron chi connectivity index (χ0n) is 34.1. The van der Waals surface area contributed by atoms with E-state index in [4.69, 9.17) is 13.8 Å². The molecule has 4 heteroatoms. The minimum atomic E-state index is 0.547. The van der Waals surface area contributed by atoms with Crippen molar-refractivity contribution < 1.29 is 8.83 Å². The molecule has 292 valence electrons. The molecule has 3 nitrogen and oxygen atoms in total. The molecule has 0 radical (unpaired) electrons. The van der Waals surface area contributed by atoms with E-state index in [0.29, 0.717) is 6.54 Å². The Kier molecular flexibility index (Phi) is 8.91. The lowest BCUT2D eigenvalue weighted by molar-refractivity contribution is 0.669. The van der Waals surface area contributed by atoms with Crippen LogP contribution in [0.1, 0.15) is 46.5 Å². The second kappa shape index (κ2) is 14.8. The summed E-state index contributed by atoms with van der Waals surface area (Å²) < 4.78 is 14.3. The number of aliphatic imine (C=N–C) groups is 1. The number of furan rings is 2. The number of aryl methyl sites for hydroxylation is 1. The van der Waals surface area contributed by atoms with Gasteiger partial charge in [0.15, 0.2) is 0 Å². The van der Waals surface area contributed by atoms with Crippen molar-refractivity contribution in [3.05, 3.63) is 185 Å². The van der Waals surface area contributed by atoms with Gasteiger partial charge in [0.05, 0.1) is 6.54 Å². The first-order valence-electron chi connectivity index (χ1n) is 20.9. The van der Waals surface area contributed by atoms with Gasteiger partial charge in [-0.15, -0.1) is 11.3 Å². The van der Waals surface area contributed by atoms with Crippen molar-refractivity contribution in [2.45, 2.75) is 26.8 Å². The summed E-state index contributed by atoms with van der Waals surface area (Å²) in [4.78, 5) is 6.35. The number of allylic oxidation sites excluding steroid dienone is 1. The number of nitrogens with zero attached hydrogens (tertiary/aromatic N) is 1. The highest BCUT2D eigenvalue weighted by molar-refractivity contribution is 7.20. The minimum Gasteiger partial charge on any atom is -0.456 e. The maximum absolute atomic E-state index is 6.60. The molecule has 61 heavy (non-hydrogen) atoms. The summed E-state index contributed by atoms with van der Waals surface area (Å²) in [6.07, 6.45) is 11.2. The first-order chi connectivity index (χ1) is 30.0. The largest absolute Gasteiger partial charge is 0.456 e. The molecule has 0 saturated carbocycles. The van der Waals surface area contributed by atoms with Crippen LogP contribution in [0.15, 0.2) is 167 Å². The molecule has 0 aliphatic rings. The maximum Gasteiger partial charge on any atom is 0.136 e.